The maximum atomic E-state index is 13.3. The van der Waals surface area contributed by atoms with E-state index in [2.05, 4.69) is 5.10 Å². The summed E-state index contributed by atoms with van der Waals surface area (Å²) in [6, 6.07) is 3.33. The van der Waals surface area contributed by atoms with Gasteiger partial charge in [0.2, 0.25) is 0 Å². The van der Waals surface area contributed by atoms with E-state index in [4.69, 9.17) is 5.11 Å². The monoisotopic (exact) mass is 262 g/mol. The van der Waals surface area contributed by atoms with Gasteiger partial charge in [0.15, 0.2) is 5.78 Å². The second-order valence-electron chi connectivity index (χ2n) is 4.08. The van der Waals surface area contributed by atoms with E-state index in [0.29, 0.717) is 5.56 Å². The normalized spacial score (nSPS) is 10.5. The molecule has 0 radical (unpaired) electrons. The van der Waals surface area contributed by atoms with Crippen molar-refractivity contribution < 1.29 is 19.1 Å². The number of aromatic nitrogens is 2. The van der Waals surface area contributed by atoms with Crippen LogP contribution in [-0.4, -0.2) is 26.6 Å². The van der Waals surface area contributed by atoms with Crippen molar-refractivity contribution in [1.29, 1.82) is 0 Å². The highest BCUT2D eigenvalue weighted by Crippen LogP contribution is 2.28. The molecule has 0 saturated carbocycles. The molecular weight excluding hydrogens is 251 g/mol. The molecule has 1 aromatic carbocycles. The van der Waals surface area contributed by atoms with Crippen LogP contribution in [0.5, 0.6) is 0 Å². The molecule has 98 valence electrons. The van der Waals surface area contributed by atoms with Crippen molar-refractivity contribution in [2.24, 2.45) is 7.05 Å². The van der Waals surface area contributed by atoms with Gasteiger partial charge < -0.3 is 5.11 Å². The largest absolute Gasteiger partial charge is 0.478 e. The fourth-order valence-corrected chi connectivity index (χ4v) is 1.98. The van der Waals surface area contributed by atoms with Crippen LogP contribution in [-0.2, 0) is 7.05 Å². The molecule has 0 spiro atoms. The number of benzene rings is 1. The van der Waals surface area contributed by atoms with E-state index >= 15 is 0 Å². The fraction of sp³-hybridized carbons (Fsp3) is 0.154. The van der Waals surface area contributed by atoms with Crippen molar-refractivity contribution in [3.8, 4) is 11.1 Å². The molecule has 0 fully saturated rings. The molecule has 2 rings (SSSR count). The van der Waals surface area contributed by atoms with Gasteiger partial charge in [0, 0.05) is 25.1 Å². The molecule has 0 aliphatic rings. The summed E-state index contributed by atoms with van der Waals surface area (Å²) < 4.78 is 14.7. The average Bonchev–Trinajstić information content (AvgIpc) is 2.70. The highest BCUT2D eigenvalue weighted by molar-refractivity contribution is 6.03. The SMILES string of the molecule is CC(=O)c1c(-c2cc(F)ccc2C(=O)O)cnn1C. The molecular formula is C13H11FN2O3. The van der Waals surface area contributed by atoms with Crippen LogP contribution in [0, 0.1) is 5.82 Å². The van der Waals surface area contributed by atoms with Gasteiger partial charge in [0.1, 0.15) is 11.5 Å². The average molecular weight is 262 g/mol. The lowest BCUT2D eigenvalue weighted by Gasteiger charge is -2.06. The summed E-state index contributed by atoms with van der Waals surface area (Å²) in [7, 11) is 1.57. The van der Waals surface area contributed by atoms with E-state index in [0.717, 1.165) is 12.1 Å². The zero-order chi connectivity index (χ0) is 14.2. The van der Waals surface area contributed by atoms with Gasteiger partial charge in [0.25, 0.3) is 0 Å². The molecule has 0 bridgehead atoms. The van der Waals surface area contributed by atoms with E-state index in [1.54, 1.807) is 7.05 Å². The molecule has 0 saturated heterocycles. The first-order chi connectivity index (χ1) is 8.91. The minimum Gasteiger partial charge on any atom is -0.478 e. The smallest absolute Gasteiger partial charge is 0.336 e. The Kier molecular flexibility index (Phi) is 3.16. The third-order valence-corrected chi connectivity index (χ3v) is 2.77. The molecule has 0 aliphatic heterocycles. The second-order valence-corrected chi connectivity index (χ2v) is 4.08. The third kappa shape index (κ3) is 2.24. The Morgan fingerprint density at radius 3 is 2.58 bits per heavy atom. The minimum absolute atomic E-state index is 0.0723. The Bertz CT molecular complexity index is 677. The molecule has 0 atom stereocenters. The number of carbonyl (C=O) groups excluding carboxylic acids is 1. The van der Waals surface area contributed by atoms with Crippen LogP contribution < -0.4 is 0 Å². The number of rotatable bonds is 3. The van der Waals surface area contributed by atoms with Crippen LogP contribution in [0.3, 0.4) is 0 Å². The molecule has 1 N–H and O–H groups in total. The van der Waals surface area contributed by atoms with Crippen LogP contribution in [0.15, 0.2) is 24.4 Å². The van der Waals surface area contributed by atoms with E-state index < -0.39 is 11.8 Å². The van der Waals surface area contributed by atoms with Crippen LogP contribution in [0.1, 0.15) is 27.8 Å². The lowest BCUT2D eigenvalue weighted by Crippen LogP contribution is -2.06. The van der Waals surface area contributed by atoms with Crippen molar-refractivity contribution >= 4 is 11.8 Å². The number of ketones is 1. The first kappa shape index (κ1) is 12.9. The summed E-state index contributed by atoms with van der Waals surface area (Å²) in [6.45, 7) is 1.35. The predicted octanol–water partition coefficient (Wildman–Crippen LogP) is 2.13. The molecule has 0 aliphatic carbocycles. The standard InChI is InChI=1S/C13H11FN2O3/c1-7(17)12-11(6-15-16(12)2)10-5-8(14)3-4-9(10)13(18)19/h3-6H,1-2H3,(H,18,19). The molecule has 19 heavy (non-hydrogen) atoms. The first-order valence-corrected chi connectivity index (χ1v) is 5.48. The van der Waals surface area contributed by atoms with Gasteiger partial charge in [-0.05, 0) is 18.2 Å². The Morgan fingerprint density at radius 1 is 1.32 bits per heavy atom. The summed E-state index contributed by atoms with van der Waals surface area (Å²) in [5.41, 5.74) is 0.628. The number of hydrogen-bond acceptors (Lipinski definition) is 3. The summed E-state index contributed by atoms with van der Waals surface area (Å²) in [5.74, 6) is -2.03. The quantitative estimate of drug-likeness (QED) is 0.860. The fourth-order valence-electron chi connectivity index (χ4n) is 1.98. The summed E-state index contributed by atoms with van der Waals surface area (Å²) in [5, 5.41) is 13.0. The lowest BCUT2D eigenvalue weighted by molar-refractivity contribution is 0.0697. The van der Waals surface area contributed by atoms with Crippen molar-refractivity contribution in [3.05, 3.63) is 41.5 Å². The second kappa shape index (κ2) is 4.64. The summed E-state index contributed by atoms with van der Waals surface area (Å²) in [6.07, 6.45) is 1.36. The van der Waals surface area contributed by atoms with Gasteiger partial charge in [-0.15, -0.1) is 0 Å². The number of hydrogen-bond donors (Lipinski definition) is 1. The van der Waals surface area contributed by atoms with Crippen LogP contribution >= 0.6 is 0 Å². The highest BCUT2D eigenvalue weighted by Gasteiger charge is 2.20. The van der Waals surface area contributed by atoms with Crippen molar-refractivity contribution in [3.63, 3.8) is 0 Å². The van der Waals surface area contributed by atoms with E-state index in [-0.39, 0.29) is 22.6 Å². The molecule has 1 aromatic heterocycles. The minimum atomic E-state index is -1.19. The van der Waals surface area contributed by atoms with Gasteiger partial charge >= 0.3 is 5.97 Å². The van der Waals surface area contributed by atoms with Crippen LogP contribution in [0.25, 0.3) is 11.1 Å². The number of aromatic carboxylic acids is 1. The van der Waals surface area contributed by atoms with Gasteiger partial charge in [-0.2, -0.15) is 5.10 Å². The Morgan fingerprint density at radius 2 is 2.00 bits per heavy atom. The predicted molar refractivity (Wildman–Crippen MR) is 65.6 cm³/mol. The lowest BCUT2D eigenvalue weighted by atomic mass is 9.99. The van der Waals surface area contributed by atoms with Crippen LogP contribution in [0.2, 0.25) is 0 Å². The van der Waals surface area contributed by atoms with E-state index in [9.17, 15) is 14.0 Å². The first-order valence-electron chi connectivity index (χ1n) is 5.48. The number of aryl methyl sites for hydroxylation is 1. The number of halogens is 1. The molecule has 0 unspecified atom stereocenters. The zero-order valence-corrected chi connectivity index (χ0v) is 10.3. The van der Waals surface area contributed by atoms with Crippen molar-refractivity contribution in [2.45, 2.75) is 6.92 Å². The van der Waals surface area contributed by atoms with Crippen molar-refractivity contribution in [2.75, 3.05) is 0 Å². The summed E-state index contributed by atoms with van der Waals surface area (Å²) >= 11 is 0. The van der Waals surface area contributed by atoms with Gasteiger partial charge in [-0.25, -0.2) is 9.18 Å². The number of Topliss-reactive ketones (excluding diaryl/α,β-unsaturated/α-hetero) is 1. The third-order valence-electron chi connectivity index (χ3n) is 2.77. The van der Waals surface area contributed by atoms with Crippen molar-refractivity contribution in [1.82, 2.24) is 9.78 Å². The van der Waals surface area contributed by atoms with Gasteiger partial charge in [0.05, 0.1) is 11.8 Å². The molecule has 1 heterocycles. The maximum absolute atomic E-state index is 13.3. The van der Waals surface area contributed by atoms with Gasteiger partial charge in [-0.3, -0.25) is 9.48 Å². The zero-order valence-electron chi connectivity index (χ0n) is 10.3. The number of nitrogens with zero attached hydrogens (tertiary/aromatic N) is 2. The molecule has 0 amide bonds. The molecule has 6 heteroatoms. The Hall–Kier alpha value is -2.50. The number of carboxylic acid groups (broad SMARTS) is 1. The Balaban J connectivity index is 2.75. The van der Waals surface area contributed by atoms with Gasteiger partial charge in [-0.1, -0.05) is 0 Å². The summed E-state index contributed by atoms with van der Waals surface area (Å²) in [4.78, 5) is 22.7. The number of carbonyl (C=O) groups is 2. The molecule has 2 aromatic rings. The van der Waals surface area contributed by atoms with E-state index in [1.165, 1.54) is 23.9 Å². The Labute approximate surface area is 108 Å². The topological polar surface area (TPSA) is 72.2 Å². The van der Waals surface area contributed by atoms with Crippen LogP contribution in [0.4, 0.5) is 4.39 Å². The van der Waals surface area contributed by atoms with E-state index in [1.807, 2.05) is 0 Å². The maximum Gasteiger partial charge on any atom is 0.336 e. The molecule has 5 nitrogen and oxygen atoms in total. The highest BCUT2D eigenvalue weighted by atomic mass is 19.1. The number of carboxylic acids is 1.